The predicted octanol–water partition coefficient (Wildman–Crippen LogP) is 5.16. The number of rotatable bonds is 4. The summed E-state index contributed by atoms with van der Waals surface area (Å²) >= 11 is 0. The maximum atomic E-state index is 12.6. The quantitative estimate of drug-likeness (QED) is 0.433. The first-order valence-corrected chi connectivity index (χ1v) is 6.58. The summed E-state index contributed by atoms with van der Waals surface area (Å²) in [5, 5.41) is 0. The molecule has 0 aliphatic carbocycles. The number of hydrogen-bond acceptors (Lipinski definition) is 1. The van der Waals surface area contributed by atoms with Crippen LogP contribution >= 0.6 is 0 Å². The molecule has 0 aliphatic rings. The van der Waals surface area contributed by atoms with E-state index < -0.39 is 17.5 Å². The van der Waals surface area contributed by atoms with Gasteiger partial charge >= 0.3 is 6.18 Å². The molecule has 0 fully saturated rings. The fraction of sp³-hybridized carbons (Fsp3) is 0.0556. The average Bonchev–Trinajstić information content (AvgIpc) is 2.52. The Hall–Kier alpha value is -2.62. The second-order valence-electron chi connectivity index (χ2n) is 4.57. The molecule has 2 rings (SSSR count). The van der Waals surface area contributed by atoms with Gasteiger partial charge in [-0.3, -0.25) is 4.79 Å². The molecule has 0 heterocycles. The summed E-state index contributed by atoms with van der Waals surface area (Å²) in [6.45, 7) is 0. The van der Waals surface area contributed by atoms with Crippen molar-refractivity contribution in [2.45, 2.75) is 6.18 Å². The van der Waals surface area contributed by atoms with E-state index in [4.69, 9.17) is 0 Å². The van der Waals surface area contributed by atoms with Crippen molar-refractivity contribution in [3.8, 4) is 0 Å². The van der Waals surface area contributed by atoms with Crippen LogP contribution in [0.25, 0.3) is 6.08 Å². The Bertz CT molecular complexity index is 698. The zero-order chi connectivity index (χ0) is 16.0. The van der Waals surface area contributed by atoms with E-state index >= 15 is 0 Å². The van der Waals surface area contributed by atoms with E-state index in [1.807, 2.05) is 30.3 Å². The highest BCUT2D eigenvalue weighted by atomic mass is 19.4. The van der Waals surface area contributed by atoms with Gasteiger partial charge in [0.25, 0.3) is 0 Å². The van der Waals surface area contributed by atoms with Crippen LogP contribution in [-0.4, -0.2) is 5.78 Å². The van der Waals surface area contributed by atoms with Crippen molar-refractivity contribution >= 4 is 11.9 Å². The first kappa shape index (κ1) is 15.8. The molecule has 0 N–H and O–H groups in total. The van der Waals surface area contributed by atoms with Crippen LogP contribution in [0.5, 0.6) is 0 Å². The van der Waals surface area contributed by atoms with Crippen molar-refractivity contribution in [2.24, 2.45) is 0 Å². The molecule has 22 heavy (non-hydrogen) atoms. The van der Waals surface area contributed by atoms with Gasteiger partial charge in [-0.05, 0) is 23.8 Å². The summed E-state index contributed by atoms with van der Waals surface area (Å²) in [5.41, 5.74) is 0.157. The van der Waals surface area contributed by atoms with E-state index in [0.29, 0.717) is 0 Å². The van der Waals surface area contributed by atoms with Gasteiger partial charge in [0.1, 0.15) is 0 Å². The topological polar surface area (TPSA) is 17.1 Å². The van der Waals surface area contributed by atoms with Gasteiger partial charge in [0, 0.05) is 5.56 Å². The second-order valence-corrected chi connectivity index (χ2v) is 4.57. The summed E-state index contributed by atoms with van der Waals surface area (Å²) in [5.74, 6) is -0.469. The van der Waals surface area contributed by atoms with Crippen molar-refractivity contribution in [2.75, 3.05) is 0 Å². The normalized spacial score (nSPS) is 12.1. The predicted molar refractivity (Wildman–Crippen MR) is 80.4 cm³/mol. The minimum atomic E-state index is -4.45. The minimum absolute atomic E-state index is 0.0131. The van der Waals surface area contributed by atoms with Crippen LogP contribution in [0.1, 0.15) is 21.5 Å². The molecule has 112 valence electrons. The molecule has 0 amide bonds. The molecule has 2 aromatic carbocycles. The van der Waals surface area contributed by atoms with Crippen LogP contribution in [0.2, 0.25) is 0 Å². The molecular weight excluding hydrogens is 289 g/mol. The number of carbonyl (C=O) groups excluding carboxylic acids is 1. The molecule has 0 radical (unpaired) electrons. The fourth-order valence-corrected chi connectivity index (χ4v) is 1.82. The van der Waals surface area contributed by atoms with Gasteiger partial charge in [-0.25, -0.2) is 0 Å². The highest BCUT2D eigenvalue weighted by Crippen LogP contribution is 2.29. The van der Waals surface area contributed by atoms with Gasteiger partial charge < -0.3 is 0 Å². The Balaban J connectivity index is 2.06. The molecule has 0 aliphatic heterocycles. The Kier molecular flexibility index (Phi) is 4.94. The van der Waals surface area contributed by atoms with Crippen molar-refractivity contribution in [1.29, 1.82) is 0 Å². The Labute approximate surface area is 126 Å². The van der Waals surface area contributed by atoms with Gasteiger partial charge in [-0.1, -0.05) is 60.7 Å². The Morgan fingerprint density at radius 3 is 2.32 bits per heavy atom. The molecule has 0 saturated carbocycles. The minimum Gasteiger partial charge on any atom is -0.289 e. The van der Waals surface area contributed by atoms with Crippen molar-refractivity contribution in [3.05, 3.63) is 89.5 Å². The molecule has 0 atom stereocenters. The maximum Gasteiger partial charge on any atom is 0.416 e. The molecule has 2 aromatic rings. The summed E-state index contributed by atoms with van der Waals surface area (Å²) in [4.78, 5) is 11.8. The number of ketones is 1. The number of carbonyl (C=O) groups is 1. The third-order valence-corrected chi connectivity index (χ3v) is 2.92. The highest BCUT2D eigenvalue weighted by molar-refractivity contribution is 6.04. The van der Waals surface area contributed by atoms with Crippen molar-refractivity contribution < 1.29 is 18.0 Å². The summed E-state index contributed by atoms with van der Waals surface area (Å²) in [7, 11) is 0. The summed E-state index contributed by atoms with van der Waals surface area (Å²) in [6.07, 6.45) is 1.77. The lowest BCUT2D eigenvalue weighted by Crippen LogP contribution is -2.06. The zero-order valence-corrected chi connectivity index (χ0v) is 11.5. The van der Waals surface area contributed by atoms with Crippen LogP contribution < -0.4 is 0 Å². The fourth-order valence-electron chi connectivity index (χ4n) is 1.82. The lowest BCUT2D eigenvalue weighted by molar-refractivity contribution is -0.137. The number of benzene rings is 2. The van der Waals surface area contributed by atoms with Crippen molar-refractivity contribution in [3.63, 3.8) is 0 Å². The standard InChI is InChI=1S/C18H13F3O/c19-18(20,21)16-11-6-10-15(13-16)17(22)12-5-4-9-14-7-2-1-3-8-14/h1-13H/b9-4+,12-5+. The Morgan fingerprint density at radius 2 is 1.64 bits per heavy atom. The van der Waals surface area contributed by atoms with E-state index in [1.54, 1.807) is 12.2 Å². The van der Waals surface area contributed by atoms with E-state index in [9.17, 15) is 18.0 Å². The molecule has 0 saturated heterocycles. The SMILES string of the molecule is O=C(/C=C/C=C/c1ccccc1)c1cccc(C(F)(F)F)c1. The highest BCUT2D eigenvalue weighted by Gasteiger charge is 2.30. The smallest absolute Gasteiger partial charge is 0.289 e. The zero-order valence-electron chi connectivity index (χ0n) is 11.5. The van der Waals surface area contributed by atoms with Gasteiger partial charge in [-0.15, -0.1) is 0 Å². The van der Waals surface area contributed by atoms with Crippen LogP contribution in [0.3, 0.4) is 0 Å². The number of halogens is 3. The molecule has 4 heteroatoms. The summed E-state index contributed by atoms with van der Waals surface area (Å²) in [6, 6.07) is 13.9. The number of allylic oxidation sites excluding steroid dienone is 3. The van der Waals surface area contributed by atoms with Gasteiger partial charge in [-0.2, -0.15) is 13.2 Å². The number of alkyl halides is 3. The number of hydrogen-bond donors (Lipinski definition) is 0. The second kappa shape index (κ2) is 6.89. The lowest BCUT2D eigenvalue weighted by atomic mass is 10.1. The molecule has 0 spiro atoms. The van der Waals surface area contributed by atoms with E-state index in [2.05, 4.69) is 0 Å². The largest absolute Gasteiger partial charge is 0.416 e. The first-order valence-electron chi connectivity index (χ1n) is 6.58. The van der Waals surface area contributed by atoms with Gasteiger partial charge in [0.2, 0.25) is 0 Å². The molecule has 0 unspecified atom stereocenters. The van der Waals surface area contributed by atoms with Gasteiger partial charge in [0.15, 0.2) is 5.78 Å². The molecule has 0 aromatic heterocycles. The van der Waals surface area contributed by atoms with Crippen molar-refractivity contribution in [1.82, 2.24) is 0 Å². The van der Waals surface area contributed by atoms with E-state index in [0.717, 1.165) is 17.7 Å². The molecule has 1 nitrogen and oxygen atoms in total. The van der Waals surface area contributed by atoms with Crippen LogP contribution in [0.15, 0.2) is 72.8 Å². The lowest BCUT2D eigenvalue weighted by Gasteiger charge is -2.06. The van der Waals surface area contributed by atoms with E-state index in [1.165, 1.54) is 24.3 Å². The van der Waals surface area contributed by atoms with Crippen LogP contribution in [-0.2, 0) is 6.18 Å². The third-order valence-electron chi connectivity index (χ3n) is 2.92. The van der Waals surface area contributed by atoms with Crippen LogP contribution in [0.4, 0.5) is 13.2 Å². The summed E-state index contributed by atoms with van der Waals surface area (Å²) < 4.78 is 37.8. The van der Waals surface area contributed by atoms with Crippen LogP contribution in [0, 0.1) is 0 Å². The monoisotopic (exact) mass is 302 g/mol. The molecule has 0 bridgehead atoms. The Morgan fingerprint density at radius 1 is 0.909 bits per heavy atom. The molecular formula is C18H13F3O. The first-order chi connectivity index (χ1) is 10.5. The van der Waals surface area contributed by atoms with E-state index in [-0.39, 0.29) is 5.56 Å². The van der Waals surface area contributed by atoms with Gasteiger partial charge in [0.05, 0.1) is 5.56 Å². The third kappa shape index (κ3) is 4.45. The maximum absolute atomic E-state index is 12.6. The average molecular weight is 302 g/mol.